The average molecular weight is 271 g/mol. The number of hydrogen-bond donors (Lipinski definition) is 1. The minimum Gasteiger partial charge on any atom is -0.316 e. The molecule has 0 radical (unpaired) electrons. The van der Waals surface area contributed by atoms with Gasteiger partial charge in [-0.2, -0.15) is 0 Å². The minimum absolute atomic E-state index is 0.581. The van der Waals surface area contributed by atoms with E-state index in [0.29, 0.717) is 5.41 Å². The fraction of sp³-hybridized carbons (Fsp3) is 0.684. The molecule has 1 aromatic rings. The Labute approximate surface area is 124 Å². The fourth-order valence-electron chi connectivity index (χ4n) is 4.28. The third-order valence-electron chi connectivity index (χ3n) is 5.75. The minimum atomic E-state index is 0.581. The summed E-state index contributed by atoms with van der Waals surface area (Å²) < 4.78 is 0. The van der Waals surface area contributed by atoms with Crippen molar-refractivity contribution < 1.29 is 0 Å². The molecule has 0 aliphatic heterocycles. The van der Waals surface area contributed by atoms with Gasteiger partial charge in [0.1, 0.15) is 0 Å². The van der Waals surface area contributed by atoms with Crippen LogP contribution in [0.5, 0.6) is 0 Å². The van der Waals surface area contributed by atoms with Gasteiger partial charge in [-0.1, -0.05) is 44.2 Å². The molecule has 2 saturated carbocycles. The van der Waals surface area contributed by atoms with Gasteiger partial charge in [-0.25, -0.2) is 0 Å². The van der Waals surface area contributed by atoms with Gasteiger partial charge < -0.3 is 5.32 Å². The van der Waals surface area contributed by atoms with Crippen molar-refractivity contribution in [2.24, 2.45) is 17.3 Å². The summed E-state index contributed by atoms with van der Waals surface area (Å²) in [6.07, 6.45) is 7.01. The first-order valence-electron chi connectivity index (χ1n) is 8.33. The Kier molecular flexibility index (Phi) is 3.90. The molecular formula is C19H29N. The van der Waals surface area contributed by atoms with E-state index in [2.05, 4.69) is 56.5 Å². The summed E-state index contributed by atoms with van der Waals surface area (Å²) in [5.74, 6) is 2.57. The molecule has 1 heteroatoms. The molecule has 3 unspecified atom stereocenters. The van der Waals surface area contributed by atoms with Gasteiger partial charge in [0.25, 0.3) is 0 Å². The number of hydrogen-bond acceptors (Lipinski definition) is 1. The van der Waals surface area contributed by atoms with Gasteiger partial charge in [0.05, 0.1) is 0 Å². The van der Waals surface area contributed by atoms with Gasteiger partial charge in [0.15, 0.2) is 0 Å². The molecule has 0 bridgehead atoms. The first-order chi connectivity index (χ1) is 9.61. The summed E-state index contributed by atoms with van der Waals surface area (Å²) in [7, 11) is 2.17. The van der Waals surface area contributed by atoms with E-state index in [-0.39, 0.29) is 0 Å². The van der Waals surface area contributed by atoms with Gasteiger partial charge >= 0.3 is 0 Å². The molecule has 20 heavy (non-hydrogen) atoms. The SMILES string of the molecule is CNC(C1CCC(C)(C)CC1)C1CC1c1ccccc1. The highest BCUT2D eigenvalue weighted by Gasteiger charge is 2.46. The smallest absolute Gasteiger partial charge is 0.0127 e. The van der Waals surface area contributed by atoms with Gasteiger partial charge in [-0.05, 0) is 67.9 Å². The van der Waals surface area contributed by atoms with Crippen LogP contribution in [0.1, 0.15) is 57.4 Å². The summed E-state index contributed by atoms with van der Waals surface area (Å²) in [5.41, 5.74) is 2.13. The molecule has 2 aliphatic rings. The Bertz CT molecular complexity index is 426. The van der Waals surface area contributed by atoms with Gasteiger partial charge in [0, 0.05) is 6.04 Å². The van der Waals surface area contributed by atoms with Crippen LogP contribution >= 0.6 is 0 Å². The lowest BCUT2D eigenvalue weighted by Gasteiger charge is -2.38. The van der Waals surface area contributed by atoms with Crippen molar-refractivity contribution in [2.75, 3.05) is 7.05 Å². The van der Waals surface area contributed by atoms with Crippen LogP contribution in [0.25, 0.3) is 0 Å². The van der Waals surface area contributed by atoms with Crippen molar-refractivity contribution in [1.29, 1.82) is 0 Å². The first-order valence-corrected chi connectivity index (χ1v) is 8.33. The lowest BCUT2D eigenvalue weighted by Crippen LogP contribution is -2.39. The average Bonchev–Trinajstić information content (AvgIpc) is 3.23. The van der Waals surface area contributed by atoms with Crippen molar-refractivity contribution in [1.82, 2.24) is 5.32 Å². The maximum atomic E-state index is 3.66. The Morgan fingerprint density at radius 2 is 1.75 bits per heavy atom. The fourth-order valence-corrected chi connectivity index (χ4v) is 4.28. The summed E-state index contributed by atoms with van der Waals surface area (Å²) >= 11 is 0. The van der Waals surface area contributed by atoms with Crippen molar-refractivity contribution in [3.63, 3.8) is 0 Å². The molecule has 0 heterocycles. The molecule has 2 aliphatic carbocycles. The van der Waals surface area contributed by atoms with Crippen LogP contribution in [-0.4, -0.2) is 13.1 Å². The zero-order chi connectivity index (χ0) is 14.2. The predicted octanol–water partition coefficient (Wildman–Crippen LogP) is 4.59. The summed E-state index contributed by atoms with van der Waals surface area (Å²) in [4.78, 5) is 0. The van der Waals surface area contributed by atoms with Crippen LogP contribution in [0, 0.1) is 17.3 Å². The molecule has 110 valence electrons. The van der Waals surface area contributed by atoms with E-state index < -0.39 is 0 Å². The van der Waals surface area contributed by atoms with Gasteiger partial charge in [0.2, 0.25) is 0 Å². The number of nitrogens with one attached hydrogen (secondary N) is 1. The largest absolute Gasteiger partial charge is 0.316 e. The van der Waals surface area contributed by atoms with E-state index in [1.54, 1.807) is 5.56 Å². The third-order valence-corrected chi connectivity index (χ3v) is 5.75. The lowest BCUT2D eigenvalue weighted by atomic mass is 9.70. The second-order valence-electron chi connectivity index (χ2n) is 7.73. The van der Waals surface area contributed by atoms with Crippen LogP contribution in [0.15, 0.2) is 30.3 Å². The van der Waals surface area contributed by atoms with Crippen LogP contribution < -0.4 is 5.32 Å². The summed E-state index contributed by atoms with van der Waals surface area (Å²) in [6.45, 7) is 4.86. The zero-order valence-electron chi connectivity index (χ0n) is 13.2. The van der Waals surface area contributed by atoms with E-state index in [1.807, 2.05) is 0 Å². The van der Waals surface area contributed by atoms with E-state index >= 15 is 0 Å². The lowest BCUT2D eigenvalue weighted by molar-refractivity contribution is 0.155. The summed E-state index contributed by atoms with van der Waals surface area (Å²) in [6, 6.07) is 11.8. The standard InChI is InChI=1S/C19H29N/c1-19(2)11-9-15(10-12-19)18(20-3)17-13-16(17)14-7-5-4-6-8-14/h4-8,15-18,20H,9-13H2,1-3H3. The maximum Gasteiger partial charge on any atom is 0.0127 e. The van der Waals surface area contributed by atoms with Crippen molar-refractivity contribution in [3.8, 4) is 0 Å². The van der Waals surface area contributed by atoms with Crippen LogP contribution in [0.3, 0.4) is 0 Å². The number of benzene rings is 1. The molecule has 1 aromatic carbocycles. The van der Waals surface area contributed by atoms with Crippen molar-refractivity contribution in [3.05, 3.63) is 35.9 Å². The Morgan fingerprint density at radius 1 is 1.10 bits per heavy atom. The topological polar surface area (TPSA) is 12.0 Å². The molecule has 1 N–H and O–H groups in total. The summed E-state index contributed by atoms with van der Waals surface area (Å²) in [5, 5.41) is 3.66. The molecular weight excluding hydrogens is 242 g/mol. The molecule has 0 aromatic heterocycles. The van der Waals surface area contributed by atoms with E-state index in [0.717, 1.165) is 23.8 Å². The van der Waals surface area contributed by atoms with E-state index in [4.69, 9.17) is 0 Å². The monoisotopic (exact) mass is 271 g/mol. The Balaban J connectivity index is 1.62. The third kappa shape index (κ3) is 2.93. The van der Waals surface area contributed by atoms with Crippen LogP contribution in [-0.2, 0) is 0 Å². The highest BCUT2D eigenvalue weighted by molar-refractivity contribution is 5.27. The highest BCUT2D eigenvalue weighted by atomic mass is 14.9. The number of rotatable bonds is 4. The molecule has 1 nitrogen and oxygen atoms in total. The zero-order valence-corrected chi connectivity index (χ0v) is 13.2. The molecule has 0 saturated heterocycles. The van der Waals surface area contributed by atoms with Gasteiger partial charge in [-0.15, -0.1) is 0 Å². The molecule has 0 amide bonds. The predicted molar refractivity (Wildman–Crippen MR) is 85.9 cm³/mol. The van der Waals surface area contributed by atoms with Crippen LogP contribution in [0.2, 0.25) is 0 Å². The second kappa shape index (κ2) is 5.52. The Morgan fingerprint density at radius 3 is 2.35 bits per heavy atom. The van der Waals surface area contributed by atoms with Crippen molar-refractivity contribution >= 4 is 0 Å². The maximum absolute atomic E-state index is 3.66. The highest BCUT2D eigenvalue weighted by Crippen LogP contribution is 2.53. The first kappa shape index (κ1) is 14.1. The quantitative estimate of drug-likeness (QED) is 0.844. The normalized spacial score (nSPS) is 30.9. The molecule has 3 rings (SSSR count). The van der Waals surface area contributed by atoms with Crippen molar-refractivity contribution in [2.45, 2.75) is 57.9 Å². The second-order valence-corrected chi connectivity index (χ2v) is 7.73. The molecule has 0 spiro atoms. The van der Waals surface area contributed by atoms with E-state index in [1.165, 1.54) is 32.1 Å². The molecule has 2 fully saturated rings. The Hall–Kier alpha value is -0.820. The van der Waals surface area contributed by atoms with E-state index in [9.17, 15) is 0 Å². The van der Waals surface area contributed by atoms with Gasteiger partial charge in [-0.3, -0.25) is 0 Å². The van der Waals surface area contributed by atoms with Crippen LogP contribution in [0.4, 0.5) is 0 Å². The molecule has 3 atom stereocenters.